The number of nitrogens with one attached hydrogen (secondary N) is 2. The molecule has 0 unspecified atom stereocenters. The lowest BCUT2D eigenvalue weighted by molar-refractivity contribution is -0.123. The summed E-state index contributed by atoms with van der Waals surface area (Å²) in [6.07, 6.45) is -0.119. The second-order valence-electron chi connectivity index (χ2n) is 5.61. The summed E-state index contributed by atoms with van der Waals surface area (Å²) >= 11 is 1.63. The van der Waals surface area contributed by atoms with Crippen molar-refractivity contribution in [2.45, 2.75) is 39.0 Å². The number of aliphatic hydroxyl groups excluding tert-OH is 1. The molecule has 0 saturated carbocycles. The summed E-state index contributed by atoms with van der Waals surface area (Å²) in [5.74, 6) is -0.101. The maximum Gasteiger partial charge on any atom is 0.237 e. The minimum absolute atomic E-state index is 0.101. The number of aliphatic hydroxyl groups is 1. The van der Waals surface area contributed by atoms with Crippen LogP contribution in [-0.2, 0) is 11.3 Å². The van der Waals surface area contributed by atoms with E-state index in [4.69, 9.17) is 0 Å². The number of benzene rings is 1. The maximum atomic E-state index is 12.1. The predicted molar refractivity (Wildman–Crippen MR) is 93.3 cm³/mol. The summed E-state index contributed by atoms with van der Waals surface area (Å²) in [5, 5.41) is 15.2. The Hall–Kier alpha value is -1.76. The minimum Gasteiger partial charge on any atom is -0.393 e. The molecule has 6 heteroatoms. The third-order valence-electron chi connectivity index (χ3n) is 3.67. The number of nitrogens with zero attached hydrogens (tertiary/aromatic N) is 1. The number of carbonyl (C=O) groups is 1. The van der Waals surface area contributed by atoms with Gasteiger partial charge in [0.15, 0.2) is 0 Å². The van der Waals surface area contributed by atoms with E-state index >= 15 is 0 Å². The number of likely N-dealkylation sites (N-methyl/N-ethyl adjacent to an activating group) is 1. The molecule has 0 spiro atoms. The van der Waals surface area contributed by atoms with E-state index < -0.39 is 6.10 Å². The van der Waals surface area contributed by atoms with Gasteiger partial charge in [-0.1, -0.05) is 24.3 Å². The van der Waals surface area contributed by atoms with E-state index in [1.54, 1.807) is 25.3 Å². The highest BCUT2D eigenvalue weighted by Crippen LogP contribution is 2.27. The zero-order chi connectivity index (χ0) is 16.8. The lowest BCUT2D eigenvalue weighted by atomic mass is 10.1. The summed E-state index contributed by atoms with van der Waals surface area (Å²) in [7, 11) is 1.72. The minimum atomic E-state index is -0.514. The SMILES string of the molecule is CN[C@@H](C[C@H](C)O)C(=O)NCc1ccc(-c2scnc2C)cc1. The van der Waals surface area contributed by atoms with Gasteiger partial charge in [-0.05, 0) is 38.4 Å². The van der Waals surface area contributed by atoms with Gasteiger partial charge in [0, 0.05) is 6.54 Å². The van der Waals surface area contributed by atoms with Crippen LogP contribution >= 0.6 is 11.3 Å². The Morgan fingerprint density at radius 1 is 1.35 bits per heavy atom. The summed E-state index contributed by atoms with van der Waals surface area (Å²) in [4.78, 5) is 17.5. The second-order valence-corrected chi connectivity index (χ2v) is 6.46. The van der Waals surface area contributed by atoms with E-state index in [-0.39, 0.29) is 11.9 Å². The quantitative estimate of drug-likeness (QED) is 0.725. The van der Waals surface area contributed by atoms with Gasteiger partial charge in [0.25, 0.3) is 0 Å². The van der Waals surface area contributed by atoms with Crippen molar-refractivity contribution in [1.29, 1.82) is 0 Å². The van der Waals surface area contributed by atoms with Crippen molar-refractivity contribution < 1.29 is 9.90 Å². The van der Waals surface area contributed by atoms with Gasteiger partial charge >= 0.3 is 0 Å². The Morgan fingerprint density at radius 3 is 2.57 bits per heavy atom. The van der Waals surface area contributed by atoms with Crippen LogP contribution in [0.2, 0.25) is 0 Å². The molecule has 124 valence electrons. The molecule has 3 N–H and O–H groups in total. The number of thiazole rings is 1. The largest absolute Gasteiger partial charge is 0.393 e. The van der Waals surface area contributed by atoms with Crippen molar-refractivity contribution in [3.05, 3.63) is 41.0 Å². The molecule has 1 aromatic carbocycles. The smallest absolute Gasteiger partial charge is 0.237 e. The van der Waals surface area contributed by atoms with Crippen LogP contribution in [0.5, 0.6) is 0 Å². The summed E-state index contributed by atoms with van der Waals surface area (Å²) in [6, 6.07) is 7.74. The average molecular weight is 333 g/mol. The standard InChI is InChI=1S/C17H23N3O2S/c1-11(21)8-15(18-3)17(22)19-9-13-4-6-14(7-5-13)16-12(2)20-10-23-16/h4-7,10-11,15,18,21H,8-9H2,1-3H3,(H,19,22)/t11-,15-/m0/s1. The highest BCUT2D eigenvalue weighted by atomic mass is 32.1. The molecule has 23 heavy (non-hydrogen) atoms. The Balaban J connectivity index is 1.94. The molecule has 2 atom stereocenters. The van der Waals surface area contributed by atoms with Crippen molar-refractivity contribution in [3.63, 3.8) is 0 Å². The number of carbonyl (C=O) groups excluding carboxylic acids is 1. The third kappa shape index (κ3) is 4.86. The zero-order valence-electron chi connectivity index (χ0n) is 13.7. The van der Waals surface area contributed by atoms with Gasteiger partial charge in [0.2, 0.25) is 5.91 Å². The van der Waals surface area contributed by atoms with Crippen LogP contribution < -0.4 is 10.6 Å². The number of hydrogen-bond acceptors (Lipinski definition) is 5. The van der Waals surface area contributed by atoms with E-state index in [1.807, 2.05) is 36.7 Å². The van der Waals surface area contributed by atoms with Gasteiger partial charge in [-0.3, -0.25) is 4.79 Å². The average Bonchev–Trinajstić information content (AvgIpc) is 2.96. The van der Waals surface area contributed by atoms with Gasteiger partial charge in [-0.15, -0.1) is 11.3 Å². The van der Waals surface area contributed by atoms with Gasteiger partial charge in [0.1, 0.15) is 0 Å². The maximum absolute atomic E-state index is 12.1. The molecule has 0 aliphatic rings. The Kier molecular flexibility index (Phi) is 6.27. The molecule has 2 rings (SSSR count). The van der Waals surface area contributed by atoms with Crippen LogP contribution in [0.15, 0.2) is 29.8 Å². The lowest BCUT2D eigenvalue weighted by Gasteiger charge is -2.17. The van der Waals surface area contributed by atoms with Crippen LogP contribution in [0.4, 0.5) is 0 Å². The van der Waals surface area contributed by atoms with Gasteiger partial charge in [-0.2, -0.15) is 0 Å². The van der Waals surface area contributed by atoms with Crippen LogP contribution in [0.1, 0.15) is 24.6 Å². The van der Waals surface area contributed by atoms with Gasteiger partial charge in [-0.25, -0.2) is 4.98 Å². The van der Waals surface area contributed by atoms with Gasteiger partial charge < -0.3 is 15.7 Å². The van der Waals surface area contributed by atoms with Crippen molar-refractivity contribution in [2.24, 2.45) is 0 Å². The van der Waals surface area contributed by atoms with Crippen molar-refractivity contribution >= 4 is 17.2 Å². The molecule has 0 saturated heterocycles. The molecule has 0 aliphatic carbocycles. The van der Waals surface area contributed by atoms with Crippen molar-refractivity contribution in [2.75, 3.05) is 7.05 Å². The molecular formula is C17H23N3O2S. The molecule has 0 aliphatic heterocycles. The molecule has 1 aromatic heterocycles. The summed E-state index contributed by atoms with van der Waals surface area (Å²) in [5.41, 5.74) is 5.06. The van der Waals surface area contributed by atoms with Crippen LogP contribution in [-0.4, -0.2) is 35.2 Å². The second kappa shape index (κ2) is 8.19. The van der Waals surface area contributed by atoms with Crippen LogP contribution in [0.3, 0.4) is 0 Å². The predicted octanol–water partition coefficient (Wildman–Crippen LogP) is 2.09. The Labute approximate surface area is 140 Å². The van der Waals surface area contributed by atoms with Crippen LogP contribution in [0.25, 0.3) is 10.4 Å². The zero-order valence-corrected chi connectivity index (χ0v) is 14.5. The number of hydrogen-bond donors (Lipinski definition) is 3. The first kappa shape index (κ1) is 17.6. The first-order valence-electron chi connectivity index (χ1n) is 7.63. The first-order valence-corrected chi connectivity index (χ1v) is 8.51. The fourth-order valence-corrected chi connectivity index (χ4v) is 3.17. The highest BCUT2D eigenvalue weighted by molar-refractivity contribution is 7.13. The fraction of sp³-hybridized carbons (Fsp3) is 0.412. The molecule has 2 aromatic rings. The molecule has 1 amide bonds. The summed E-state index contributed by atoms with van der Waals surface area (Å²) < 4.78 is 0. The number of rotatable bonds is 7. The molecule has 1 heterocycles. The lowest BCUT2D eigenvalue weighted by Crippen LogP contribution is -2.43. The van der Waals surface area contributed by atoms with Crippen LogP contribution in [0, 0.1) is 6.92 Å². The van der Waals surface area contributed by atoms with E-state index in [0.717, 1.165) is 16.8 Å². The first-order chi connectivity index (χ1) is 11.0. The number of amides is 1. The molecule has 0 fully saturated rings. The monoisotopic (exact) mass is 333 g/mol. The van der Waals surface area contributed by atoms with E-state index in [2.05, 4.69) is 15.6 Å². The fourth-order valence-electron chi connectivity index (χ4n) is 2.36. The molecular weight excluding hydrogens is 310 g/mol. The highest BCUT2D eigenvalue weighted by Gasteiger charge is 2.17. The molecule has 5 nitrogen and oxygen atoms in total. The Bertz CT molecular complexity index is 638. The third-order valence-corrected chi connectivity index (χ3v) is 4.65. The normalized spacial score (nSPS) is 13.6. The van der Waals surface area contributed by atoms with Crippen molar-refractivity contribution in [1.82, 2.24) is 15.6 Å². The molecule has 0 radical (unpaired) electrons. The topological polar surface area (TPSA) is 74.2 Å². The Morgan fingerprint density at radius 2 is 2.04 bits per heavy atom. The van der Waals surface area contributed by atoms with Gasteiger partial charge in [0.05, 0.1) is 28.2 Å². The van der Waals surface area contributed by atoms with E-state index in [1.165, 1.54) is 4.88 Å². The van der Waals surface area contributed by atoms with E-state index in [9.17, 15) is 9.90 Å². The number of aryl methyl sites for hydroxylation is 1. The van der Waals surface area contributed by atoms with E-state index in [0.29, 0.717) is 13.0 Å². The number of aromatic nitrogens is 1. The molecule has 0 bridgehead atoms. The van der Waals surface area contributed by atoms with Crippen molar-refractivity contribution in [3.8, 4) is 10.4 Å². The summed E-state index contributed by atoms with van der Waals surface area (Å²) in [6.45, 7) is 4.15.